The Hall–Kier alpha value is -4.31. The number of hydrogen-bond donors (Lipinski definition) is 2. The van der Waals surface area contributed by atoms with E-state index >= 15 is 0 Å². The fourth-order valence-corrected chi connectivity index (χ4v) is 5.92. The van der Waals surface area contributed by atoms with Crippen molar-refractivity contribution in [3.8, 4) is 5.75 Å². The molecule has 0 amide bonds. The molecule has 2 aromatic heterocycles. The Morgan fingerprint density at radius 1 is 0.881 bits per heavy atom. The molecule has 3 heterocycles. The van der Waals surface area contributed by atoms with Gasteiger partial charge in [0.25, 0.3) is 0 Å². The van der Waals surface area contributed by atoms with Crippen LogP contribution in [0.15, 0.2) is 97.6 Å². The number of benzene rings is 3. The van der Waals surface area contributed by atoms with E-state index in [4.69, 9.17) is 19.2 Å². The van der Waals surface area contributed by atoms with E-state index in [0.29, 0.717) is 30.0 Å². The van der Waals surface area contributed by atoms with Crippen molar-refractivity contribution in [1.82, 2.24) is 19.5 Å². The van der Waals surface area contributed by atoms with Crippen LogP contribution < -0.4 is 10.1 Å². The van der Waals surface area contributed by atoms with Gasteiger partial charge in [0.1, 0.15) is 29.8 Å². The molecule has 5 aromatic rings. The van der Waals surface area contributed by atoms with Crippen molar-refractivity contribution in [3.63, 3.8) is 0 Å². The van der Waals surface area contributed by atoms with E-state index in [2.05, 4.69) is 51.7 Å². The summed E-state index contributed by atoms with van der Waals surface area (Å²) in [7, 11) is 1.66. The minimum Gasteiger partial charge on any atom is -0.497 e. The van der Waals surface area contributed by atoms with Crippen LogP contribution in [0.5, 0.6) is 5.75 Å². The van der Waals surface area contributed by atoms with Gasteiger partial charge >= 0.3 is 0 Å². The summed E-state index contributed by atoms with van der Waals surface area (Å²) >= 11 is 0. The third kappa shape index (κ3) is 4.79. The average molecular weight is 566 g/mol. The van der Waals surface area contributed by atoms with Gasteiger partial charge in [-0.15, -0.1) is 0 Å². The van der Waals surface area contributed by atoms with Crippen LogP contribution in [0.2, 0.25) is 0 Å². The number of fused-ring (bicyclic) bond motifs is 1. The number of anilines is 1. The molecule has 0 aliphatic carbocycles. The zero-order valence-corrected chi connectivity index (χ0v) is 23.9. The molecule has 2 N–H and O–H groups in total. The zero-order chi connectivity index (χ0) is 29.1. The maximum absolute atomic E-state index is 11.2. The number of imidazole rings is 1. The predicted octanol–water partition coefficient (Wildman–Crippen LogP) is 5.31. The molecule has 2 unspecified atom stereocenters. The van der Waals surface area contributed by atoms with Crippen LogP contribution in [0.25, 0.3) is 11.2 Å². The summed E-state index contributed by atoms with van der Waals surface area (Å²) in [4.78, 5) is 14.0. The quantitative estimate of drug-likeness (QED) is 0.220. The number of methoxy groups -OCH3 is 1. The van der Waals surface area contributed by atoms with Crippen molar-refractivity contribution in [2.45, 2.75) is 50.3 Å². The van der Waals surface area contributed by atoms with Gasteiger partial charge in [-0.2, -0.15) is 0 Å². The van der Waals surface area contributed by atoms with Crippen molar-refractivity contribution in [2.75, 3.05) is 19.0 Å². The molecule has 0 radical (unpaired) electrons. The molecule has 6 rings (SSSR count). The standard InChI is InChI=1S/C33H35N5O4/c1-4-26-29(41-5-2)28(39)32(42-26)38-21-36-27-30(34-20-35-31(27)38)37-33(22-12-8-6-9-13-22,23-14-10-7-11-15-23)24-16-18-25(40-3)19-17-24/h6-21,26,28-29,32,39H,4-5H2,1-3H3,(H,34,35,37)/t26-,28?,29?,32-/m1/s1. The van der Waals surface area contributed by atoms with E-state index in [-0.39, 0.29) is 6.10 Å². The van der Waals surface area contributed by atoms with E-state index in [1.807, 2.05) is 62.4 Å². The third-order valence-corrected chi connectivity index (χ3v) is 7.95. The molecule has 9 heteroatoms. The van der Waals surface area contributed by atoms with Gasteiger partial charge in [-0.05, 0) is 42.2 Å². The van der Waals surface area contributed by atoms with Crippen molar-refractivity contribution < 1.29 is 19.3 Å². The number of nitrogens with one attached hydrogen (secondary N) is 1. The monoisotopic (exact) mass is 565 g/mol. The molecule has 1 saturated heterocycles. The second kappa shape index (κ2) is 11.9. The summed E-state index contributed by atoms with van der Waals surface area (Å²) in [6, 6.07) is 28.6. The minimum absolute atomic E-state index is 0.235. The first-order valence-electron chi connectivity index (χ1n) is 14.3. The van der Waals surface area contributed by atoms with Crippen molar-refractivity contribution >= 4 is 17.0 Å². The molecule has 0 spiro atoms. The van der Waals surface area contributed by atoms with Crippen molar-refractivity contribution in [2.24, 2.45) is 0 Å². The lowest BCUT2D eigenvalue weighted by Gasteiger charge is -2.37. The number of ether oxygens (including phenoxy) is 3. The number of aliphatic hydroxyl groups is 1. The lowest BCUT2D eigenvalue weighted by atomic mass is 9.77. The molecule has 1 fully saturated rings. The topological polar surface area (TPSA) is 104 Å². The first-order valence-corrected chi connectivity index (χ1v) is 14.3. The first-order chi connectivity index (χ1) is 20.6. The summed E-state index contributed by atoms with van der Waals surface area (Å²) in [6.07, 6.45) is 1.65. The average Bonchev–Trinajstić information content (AvgIpc) is 3.62. The highest BCUT2D eigenvalue weighted by molar-refractivity contribution is 5.84. The van der Waals surface area contributed by atoms with Gasteiger partial charge in [-0.25, -0.2) is 15.0 Å². The van der Waals surface area contributed by atoms with Crippen LogP contribution >= 0.6 is 0 Å². The van der Waals surface area contributed by atoms with Crippen molar-refractivity contribution in [3.05, 3.63) is 114 Å². The molecular formula is C33H35N5O4. The van der Waals surface area contributed by atoms with Crippen LogP contribution in [-0.2, 0) is 15.0 Å². The lowest BCUT2D eigenvalue weighted by molar-refractivity contribution is -0.0364. The number of rotatable bonds is 10. The highest BCUT2D eigenvalue weighted by atomic mass is 16.6. The molecule has 4 atom stereocenters. The van der Waals surface area contributed by atoms with E-state index < -0.39 is 24.0 Å². The van der Waals surface area contributed by atoms with Gasteiger partial charge < -0.3 is 24.6 Å². The van der Waals surface area contributed by atoms with Crippen LogP contribution in [0, 0.1) is 0 Å². The first kappa shape index (κ1) is 27.8. The van der Waals surface area contributed by atoms with E-state index in [9.17, 15) is 5.11 Å². The Labute approximate surface area is 245 Å². The molecule has 1 aliphatic heterocycles. The fourth-order valence-electron chi connectivity index (χ4n) is 5.92. The SMILES string of the molecule is CCOC1C(O)[C@H](n2cnc3c(NC(c4ccccc4)(c4ccccc4)c4ccc(OC)cc4)ncnc32)O[C@@H]1CC. The van der Waals surface area contributed by atoms with Crippen LogP contribution in [0.3, 0.4) is 0 Å². The summed E-state index contributed by atoms with van der Waals surface area (Å²) in [5.41, 5.74) is 3.31. The van der Waals surface area contributed by atoms with Crippen LogP contribution in [0.4, 0.5) is 5.82 Å². The molecular weight excluding hydrogens is 530 g/mol. The summed E-state index contributed by atoms with van der Waals surface area (Å²) < 4.78 is 19.4. The number of nitrogens with zero attached hydrogens (tertiary/aromatic N) is 4. The number of aliphatic hydroxyl groups excluding tert-OH is 1. The number of aromatic nitrogens is 4. The zero-order valence-electron chi connectivity index (χ0n) is 23.9. The highest BCUT2D eigenvalue weighted by Crippen LogP contribution is 2.42. The molecule has 0 saturated carbocycles. The predicted molar refractivity (Wildman–Crippen MR) is 160 cm³/mol. The third-order valence-electron chi connectivity index (χ3n) is 7.95. The van der Waals surface area contributed by atoms with Gasteiger partial charge in [0.05, 0.1) is 19.5 Å². The normalized spacial score (nSPS) is 20.6. The Balaban J connectivity index is 1.50. The molecule has 42 heavy (non-hydrogen) atoms. The maximum atomic E-state index is 11.2. The van der Waals surface area contributed by atoms with E-state index in [1.54, 1.807) is 18.0 Å². The molecule has 0 bridgehead atoms. The molecule has 9 nitrogen and oxygen atoms in total. The van der Waals surface area contributed by atoms with E-state index in [0.717, 1.165) is 22.4 Å². The van der Waals surface area contributed by atoms with Gasteiger partial charge in [-0.3, -0.25) is 4.57 Å². The molecule has 216 valence electrons. The Bertz CT molecular complexity index is 1570. The van der Waals surface area contributed by atoms with Crippen molar-refractivity contribution in [1.29, 1.82) is 0 Å². The summed E-state index contributed by atoms with van der Waals surface area (Å²) in [5, 5.41) is 15.0. The van der Waals surface area contributed by atoms with Gasteiger partial charge in [0, 0.05) is 6.61 Å². The fraction of sp³-hybridized carbons (Fsp3) is 0.303. The Morgan fingerprint density at radius 2 is 1.52 bits per heavy atom. The summed E-state index contributed by atoms with van der Waals surface area (Å²) in [6.45, 7) is 4.43. The second-order valence-corrected chi connectivity index (χ2v) is 10.3. The molecule has 3 aromatic carbocycles. The molecule has 1 aliphatic rings. The van der Waals surface area contributed by atoms with E-state index in [1.165, 1.54) is 6.33 Å². The van der Waals surface area contributed by atoms with Crippen LogP contribution in [-0.4, -0.2) is 56.7 Å². The lowest BCUT2D eigenvalue weighted by Crippen LogP contribution is -2.38. The van der Waals surface area contributed by atoms with Gasteiger partial charge in [0.15, 0.2) is 23.2 Å². The van der Waals surface area contributed by atoms with Crippen LogP contribution in [0.1, 0.15) is 43.2 Å². The maximum Gasteiger partial charge on any atom is 0.167 e. The smallest absolute Gasteiger partial charge is 0.167 e. The minimum atomic E-state index is -0.870. The Morgan fingerprint density at radius 3 is 2.12 bits per heavy atom. The van der Waals surface area contributed by atoms with Gasteiger partial charge in [-0.1, -0.05) is 79.7 Å². The number of hydrogen-bond acceptors (Lipinski definition) is 8. The van der Waals surface area contributed by atoms with Gasteiger partial charge in [0.2, 0.25) is 0 Å². The Kier molecular flexibility index (Phi) is 7.88. The largest absolute Gasteiger partial charge is 0.497 e. The summed E-state index contributed by atoms with van der Waals surface area (Å²) in [5.74, 6) is 1.31. The second-order valence-electron chi connectivity index (χ2n) is 10.3. The highest BCUT2D eigenvalue weighted by Gasteiger charge is 2.45.